The Morgan fingerprint density at radius 1 is 1.27 bits per heavy atom. The number of allylic oxidation sites excluding steroid dienone is 1. The Balaban J connectivity index is 1.81. The number of methoxy groups -OCH3 is 1. The summed E-state index contributed by atoms with van der Waals surface area (Å²) in [6.45, 7) is 3.76. The first kappa shape index (κ1) is 27.6. The van der Waals surface area contributed by atoms with Crippen LogP contribution >= 0.6 is 27.3 Å². The van der Waals surface area contributed by atoms with Gasteiger partial charge in [-0.1, -0.05) is 40.6 Å². The van der Waals surface area contributed by atoms with Crippen molar-refractivity contribution in [3.8, 4) is 17.2 Å². The first-order valence-electron chi connectivity index (χ1n) is 12.4. The lowest BCUT2D eigenvalue weighted by molar-refractivity contribution is -0.385. The summed E-state index contributed by atoms with van der Waals surface area (Å²) in [5.41, 5.74) is 0.780. The van der Waals surface area contributed by atoms with Gasteiger partial charge in [0.2, 0.25) is 6.79 Å². The van der Waals surface area contributed by atoms with Crippen molar-refractivity contribution in [2.24, 2.45) is 4.99 Å². The zero-order chi connectivity index (χ0) is 28.6. The molecule has 3 heterocycles. The van der Waals surface area contributed by atoms with Gasteiger partial charge in [-0.15, -0.1) is 0 Å². The number of carbonyl (C=O) groups is 1. The number of hydrogen-bond acceptors (Lipinski definition) is 10. The van der Waals surface area contributed by atoms with Gasteiger partial charge in [-0.25, -0.2) is 9.79 Å². The van der Waals surface area contributed by atoms with Gasteiger partial charge in [-0.05, 0) is 43.7 Å². The van der Waals surface area contributed by atoms with Crippen LogP contribution in [0.3, 0.4) is 0 Å². The van der Waals surface area contributed by atoms with Gasteiger partial charge >= 0.3 is 5.97 Å². The highest BCUT2D eigenvalue weighted by molar-refractivity contribution is 9.10. The van der Waals surface area contributed by atoms with E-state index in [0.717, 1.165) is 15.8 Å². The van der Waals surface area contributed by atoms with E-state index >= 15 is 0 Å². The van der Waals surface area contributed by atoms with Crippen molar-refractivity contribution in [1.29, 1.82) is 0 Å². The maximum absolute atomic E-state index is 14.0. The number of aromatic nitrogens is 1. The van der Waals surface area contributed by atoms with Crippen molar-refractivity contribution >= 4 is 45.0 Å². The molecule has 0 saturated carbocycles. The maximum Gasteiger partial charge on any atom is 0.338 e. The smallest absolute Gasteiger partial charge is 0.338 e. The monoisotopic (exact) mass is 629 g/mol. The molecule has 2 aliphatic heterocycles. The van der Waals surface area contributed by atoms with Crippen LogP contribution in [0.1, 0.15) is 43.9 Å². The summed E-state index contributed by atoms with van der Waals surface area (Å²) >= 11 is 4.57. The van der Waals surface area contributed by atoms with Crippen LogP contribution in [0.25, 0.3) is 6.08 Å². The molecule has 0 saturated heterocycles. The molecule has 0 amide bonds. The van der Waals surface area contributed by atoms with Gasteiger partial charge in [0.25, 0.3) is 11.2 Å². The Morgan fingerprint density at radius 2 is 2.02 bits per heavy atom. The number of carbonyl (C=O) groups excluding carboxylic acids is 1. The molecule has 5 rings (SSSR count). The molecule has 0 radical (unpaired) electrons. The number of fused-ring (bicyclic) bond motifs is 2. The minimum absolute atomic E-state index is 0.0521. The lowest BCUT2D eigenvalue weighted by atomic mass is 9.93. The Bertz CT molecular complexity index is 1740. The van der Waals surface area contributed by atoms with Crippen LogP contribution < -0.4 is 29.1 Å². The summed E-state index contributed by atoms with van der Waals surface area (Å²) in [5, 5.41) is 11.8. The molecule has 3 aromatic rings. The van der Waals surface area contributed by atoms with Crippen molar-refractivity contribution in [1.82, 2.24) is 4.57 Å². The third kappa shape index (κ3) is 4.90. The van der Waals surface area contributed by atoms with Gasteiger partial charge in [-0.2, -0.15) is 0 Å². The number of nitro groups is 1. The molecular formula is C27H24BrN3O8S. The standard InChI is InChI=1S/C27H24BrN3O8S/c1-4-6-17-23(26(33)37-5-2)24(16-11-15(28)7-8-19(16)36-3)30-25(32)22(40-27(30)29-17)10-14-9-20-21(39-13-38-20)12-18(14)31(34)35/h7-12,24H,4-6,13H2,1-3H3/b22-10+/t24-/m1/s1. The molecule has 11 nitrogen and oxygen atoms in total. The summed E-state index contributed by atoms with van der Waals surface area (Å²) in [6, 6.07) is 7.17. The van der Waals surface area contributed by atoms with E-state index in [2.05, 4.69) is 15.9 Å². The number of hydrogen-bond donors (Lipinski definition) is 0. The van der Waals surface area contributed by atoms with Gasteiger partial charge in [0, 0.05) is 10.0 Å². The average molecular weight is 630 g/mol. The molecule has 0 spiro atoms. The van der Waals surface area contributed by atoms with Crippen LogP contribution in [0.5, 0.6) is 17.2 Å². The van der Waals surface area contributed by atoms with E-state index < -0.39 is 22.5 Å². The molecule has 13 heteroatoms. The fourth-order valence-electron chi connectivity index (χ4n) is 4.70. The zero-order valence-corrected chi connectivity index (χ0v) is 24.2. The van der Waals surface area contributed by atoms with Gasteiger partial charge < -0.3 is 18.9 Å². The first-order chi connectivity index (χ1) is 19.3. The van der Waals surface area contributed by atoms with Gasteiger partial charge in [0.05, 0.1) is 46.1 Å². The largest absolute Gasteiger partial charge is 0.496 e. The highest BCUT2D eigenvalue weighted by Crippen LogP contribution is 2.39. The fourth-order valence-corrected chi connectivity index (χ4v) is 6.09. The Kier molecular flexibility index (Phi) is 7.76. The third-order valence-corrected chi connectivity index (χ3v) is 7.86. The summed E-state index contributed by atoms with van der Waals surface area (Å²) in [4.78, 5) is 43.8. The van der Waals surface area contributed by atoms with Crippen molar-refractivity contribution < 1.29 is 28.7 Å². The highest BCUT2D eigenvalue weighted by atomic mass is 79.9. The Labute approximate surface area is 240 Å². The van der Waals surface area contributed by atoms with Crippen LogP contribution in [0.15, 0.2) is 55.9 Å². The number of nitro benzene ring substituents is 1. The van der Waals surface area contributed by atoms with Crippen LogP contribution in [-0.2, 0) is 9.53 Å². The lowest BCUT2D eigenvalue weighted by Gasteiger charge is -2.27. The highest BCUT2D eigenvalue weighted by Gasteiger charge is 2.36. The quantitative estimate of drug-likeness (QED) is 0.208. The summed E-state index contributed by atoms with van der Waals surface area (Å²) < 4.78 is 24.1. The molecule has 0 fully saturated rings. The van der Waals surface area contributed by atoms with Gasteiger partial charge in [-0.3, -0.25) is 19.5 Å². The van der Waals surface area contributed by atoms with Crippen molar-refractivity contribution in [3.63, 3.8) is 0 Å². The molecule has 0 unspecified atom stereocenters. The topological polar surface area (TPSA) is 131 Å². The molecule has 1 atom stereocenters. The van der Waals surface area contributed by atoms with E-state index in [9.17, 15) is 19.7 Å². The summed E-state index contributed by atoms with van der Waals surface area (Å²) in [5.74, 6) is 0.489. The summed E-state index contributed by atoms with van der Waals surface area (Å²) in [6.07, 6.45) is 2.61. The normalized spacial score (nSPS) is 16.0. The number of rotatable bonds is 8. The molecule has 2 aliphatic rings. The van der Waals surface area contributed by atoms with E-state index in [4.69, 9.17) is 23.9 Å². The lowest BCUT2D eigenvalue weighted by Crippen LogP contribution is -2.40. The third-order valence-electron chi connectivity index (χ3n) is 6.38. The number of thiazole rings is 1. The molecule has 2 aromatic carbocycles. The average Bonchev–Trinajstić information content (AvgIpc) is 3.51. The van der Waals surface area contributed by atoms with E-state index in [1.54, 1.807) is 25.1 Å². The van der Waals surface area contributed by atoms with Crippen LogP contribution in [0.2, 0.25) is 0 Å². The minimum Gasteiger partial charge on any atom is -0.496 e. The van der Waals surface area contributed by atoms with Crippen molar-refractivity contribution in [2.45, 2.75) is 32.7 Å². The number of ether oxygens (including phenoxy) is 4. The number of nitrogens with zero attached hydrogens (tertiary/aromatic N) is 3. The molecule has 208 valence electrons. The SMILES string of the molecule is CCCC1=C(C(=O)OCC)[C@@H](c2cc(Br)ccc2OC)n2c(s/c(=C/c3cc4c(cc3[N+](=O)[O-])OCO4)c2=O)=N1. The minimum atomic E-state index is -0.904. The van der Waals surface area contributed by atoms with E-state index in [0.29, 0.717) is 40.4 Å². The molecule has 0 bridgehead atoms. The molecule has 0 aliphatic carbocycles. The number of esters is 1. The Hall–Kier alpha value is -3.97. The molecule has 0 N–H and O–H groups in total. The van der Waals surface area contributed by atoms with E-state index in [-0.39, 0.29) is 40.5 Å². The van der Waals surface area contributed by atoms with Crippen LogP contribution in [0.4, 0.5) is 5.69 Å². The Morgan fingerprint density at radius 3 is 2.70 bits per heavy atom. The van der Waals surface area contributed by atoms with Crippen molar-refractivity contribution in [3.05, 3.63) is 87.0 Å². The second kappa shape index (κ2) is 11.3. The molecular weight excluding hydrogens is 606 g/mol. The maximum atomic E-state index is 14.0. The van der Waals surface area contributed by atoms with E-state index in [1.165, 1.54) is 29.9 Å². The summed E-state index contributed by atoms with van der Waals surface area (Å²) in [7, 11) is 1.51. The predicted molar refractivity (Wildman–Crippen MR) is 150 cm³/mol. The fraction of sp³-hybridized carbons (Fsp3) is 0.296. The van der Waals surface area contributed by atoms with E-state index in [1.807, 2.05) is 6.92 Å². The second-order valence-corrected chi connectivity index (χ2v) is 10.7. The van der Waals surface area contributed by atoms with Gasteiger partial charge in [0.1, 0.15) is 11.8 Å². The second-order valence-electron chi connectivity index (χ2n) is 8.82. The number of halogens is 1. The van der Waals surface area contributed by atoms with Crippen molar-refractivity contribution in [2.75, 3.05) is 20.5 Å². The van der Waals surface area contributed by atoms with Crippen LogP contribution in [0, 0.1) is 10.1 Å². The molecule has 1 aromatic heterocycles. The predicted octanol–water partition coefficient (Wildman–Crippen LogP) is 3.99. The molecule has 40 heavy (non-hydrogen) atoms. The van der Waals surface area contributed by atoms with Crippen LogP contribution in [-0.4, -0.2) is 36.0 Å². The zero-order valence-electron chi connectivity index (χ0n) is 21.8. The number of benzene rings is 2. The van der Waals surface area contributed by atoms with Gasteiger partial charge in [0.15, 0.2) is 16.3 Å². The first-order valence-corrected chi connectivity index (χ1v) is 14.0.